The van der Waals surface area contributed by atoms with Crippen LogP contribution in [0.4, 0.5) is 17.3 Å². The molecule has 1 heterocycles. The van der Waals surface area contributed by atoms with Gasteiger partial charge in [-0.25, -0.2) is 9.97 Å². The Labute approximate surface area is 168 Å². The maximum atomic E-state index is 12.4. The third kappa shape index (κ3) is 4.98. The summed E-state index contributed by atoms with van der Waals surface area (Å²) < 4.78 is 5.77. The normalized spacial score (nSPS) is 10.6. The van der Waals surface area contributed by atoms with Crippen molar-refractivity contribution >= 4 is 34.8 Å². The molecule has 6 nitrogen and oxygen atoms in total. The quantitative estimate of drug-likeness (QED) is 0.597. The number of aromatic nitrogens is 2. The Hall–Kier alpha value is -3.12. The molecule has 28 heavy (non-hydrogen) atoms. The summed E-state index contributed by atoms with van der Waals surface area (Å²) in [5.74, 6) is 0.792. The molecule has 0 atom stereocenters. The van der Waals surface area contributed by atoms with Gasteiger partial charge in [-0.1, -0.05) is 23.7 Å². The van der Waals surface area contributed by atoms with E-state index in [2.05, 4.69) is 20.6 Å². The Morgan fingerprint density at radius 3 is 2.46 bits per heavy atom. The first-order valence-corrected chi connectivity index (χ1v) is 9.22. The monoisotopic (exact) mass is 396 g/mol. The highest BCUT2D eigenvalue weighted by atomic mass is 35.5. The number of amides is 1. The minimum absolute atomic E-state index is 0.0475. The second-order valence-electron chi connectivity index (χ2n) is 6.50. The molecular weight excluding hydrogens is 376 g/mol. The standard InChI is InChI=1S/C21H21ClN4O2/c1-13(2)28-19-7-5-4-6-18(19)26-21-23-11-15(12-24-21)20(27)25-17-9-8-16(22)10-14(17)3/h4-13H,1-3H3,(H,25,27)(H,23,24,26). The smallest absolute Gasteiger partial charge is 0.258 e. The van der Waals surface area contributed by atoms with Crippen LogP contribution < -0.4 is 15.4 Å². The van der Waals surface area contributed by atoms with Gasteiger partial charge in [0.15, 0.2) is 0 Å². The van der Waals surface area contributed by atoms with Gasteiger partial charge in [0.25, 0.3) is 5.91 Å². The highest BCUT2D eigenvalue weighted by Crippen LogP contribution is 2.27. The topological polar surface area (TPSA) is 76.1 Å². The van der Waals surface area contributed by atoms with E-state index in [1.54, 1.807) is 18.2 Å². The Morgan fingerprint density at radius 2 is 1.79 bits per heavy atom. The van der Waals surface area contributed by atoms with Crippen LogP contribution >= 0.6 is 11.6 Å². The Kier molecular flexibility index (Phi) is 6.11. The Bertz CT molecular complexity index is 974. The fourth-order valence-electron chi connectivity index (χ4n) is 2.52. The predicted molar refractivity (Wildman–Crippen MR) is 112 cm³/mol. The van der Waals surface area contributed by atoms with E-state index in [9.17, 15) is 4.79 Å². The van der Waals surface area contributed by atoms with Crippen molar-refractivity contribution in [1.82, 2.24) is 9.97 Å². The summed E-state index contributed by atoms with van der Waals surface area (Å²) in [6.45, 7) is 5.80. The number of ether oxygens (including phenoxy) is 1. The summed E-state index contributed by atoms with van der Waals surface area (Å²) >= 11 is 5.94. The molecule has 0 bridgehead atoms. The maximum absolute atomic E-state index is 12.4. The van der Waals surface area contributed by atoms with Crippen LogP contribution in [0, 0.1) is 6.92 Å². The zero-order valence-corrected chi connectivity index (χ0v) is 16.6. The first kappa shape index (κ1) is 19.6. The second-order valence-corrected chi connectivity index (χ2v) is 6.93. The summed E-state index contributed by atoms with van der Waals surface area (Å²) in [4.78, 5) is 20.9. The number of para-hydroxylation sites is 2. The Morgan fingerprint density at radius 1 is 1.07 bits per heavy atom. The molecule has 3 aromatic rings. The summed E-state index contributed by atoms with van der Waals surface area (Å²) in [5, 5.41) is 6.57. The van der Waals surface area contributed by atoms with Gasteiger partial charge in [-0.15, -0.1) is 0 Å². The fourth-order valence-corrected chi connectivity index (χ4v) is 2.75. The van der Waals surface area contributed by atoms with Crippen LogP contribution in [0.25, 0.3) is 0 Å². The summed E-state index contributed by atoms with van der Waals surface area (Å²) in [6.07, 6.45) is 3.00. The molecule has 0 radical (unpaired) electrons. The van der Waals surface area contributed by atoms with Crippen molar-refractivity contribution < 1.29 is 9.53 Å². The lowest BCUT2D eigenvalue weighted by Crippen LogP contribution is -2.14. The van der Waals surface area contributed by atoms with Crippen LogP contribution in [0.3, 0.4) is 0 Å². The maximum Gasteiger partial charge on any atom is 0.258 e. The van der Waals surface area contributed by atoms with Crippen LogP contribution in [-0.2, 0) is 0 Å². The van der Waals surface area contributed by atoms with Crippen LogP contribution in [0.15, 0.2) is 54.9 Å². The molecule has 7 heteroatoms. The first-order chi connectivity index (χ1) is 13.4. The van der Waals surface area contributed by atoms with Crippen LogP contribution in [0.5, 0.6) is 5.75 Å². The Balaban J connectivity index is 1.71. The van der Waals surface area contributed by atoms with Crippen LogP contribution in [0.2, 0.25) is 5.02 Å². The third-order valence-electron chi connectivity index (χ3n) is 3.85. The molecule has 0 fully saturated rings. The number of hydrogen-bond acceptors (Lipinski definition) is 5. The number of anilines is 3. The van der Waals surface area contributed by atoms with Gasteiger partial charge < -0.3 is 15.4 Å². The first-order valence-electron chi connectivity index (χ1n) is 8.84. The van der Waals surface area contributed by atoms with Gasteiger partial charge in [-0.2, -0.15) is 0 Å². The molecule has 2 aromatic carbocycles. The third-order valence-corrected chi connectivity index (χ3v) is 4.08. The van der Waals surface area contributed by atoms with Crippen molar-refractivity contribution in [2.24, 2.45) is 0 Å². The molecule has 1 aromatic heterocycles. The number of carbonyl (C=O) groups excluding carboxylic acids is 1. The number of hydrogen-bond donors (Lipinski definition) is 2. The summed E-state index contributed by atoms with van der Waals surface area (Å²) in [5.41, 5.74) is 2.68. The number of halogens is 1. The van der Waals surface area contributed by atoms with Crippen LogP contribution in [0.1, 0.15) is 29.8 Å². The molecule has 144 valence electrons. The molecule has 1 amide bonds. The average Bonchev–Trinajstić information content (AvgIpc) is 2.66. The van der Waals surface area contributed by atoms with Gasteiger partial charge in [0.2, 0.25) is 5.95 Å². The van der Waals surface area contributed by atoms with Crippen molar-refractivity contribution in [2.75, 3.05) is 10.6 Å². The molecule has 0 saturated carbocycles. The van der Waals surface area contributed by atoms with E-state index in [0.29, 0.717) is 28.0 Å². The number of nitrogens with one attached hydrogen (secondary N) is 2. The zero-order valence-electron chi connectivity index (χ0n) is 15.9. The highest BCUT2D eigenvalue weighted by Gasteiger charge is 2.11. The second kappa shape index (κ2) is 8.71. The van der Waals surface area contributed by atoms with Crippen molar-refractivity contribution in [3.05, 3.63) is 71.0 Å². The molecule has 3 rings (SSSR count). The van der Waals surface area contributed by atoms with E-state index < -0.39 is 0 Å². The van der Waals surface area contributed by atoms with E-state index in [0.717, 1.165) is 11.3 Å². The van der Waals surface area contributed by atoms with Crippen molar-refractivity contribution in [3.63, 3.8) is 0 Å². The molecule has 2 N–H and O–H groups in total. The van der Waals surface area contributed by atoms with Crippen molar-refractivity contribution in [1.29, 1.82) is 0 Å². The summed E-state index contributed by atoms with van der Waals surface area (Å²) in [6, 6.07) is 12.8. The van der Waals surface area contributed by atoms with Gasteiger partial charge in [-0.3, -0.25) is 4.79 Å². The predicted octanol–water partition coefficient (Wildman–Crippen LogP) is 5.22. The fraction of sp³-hybridized carbons (Fsp3) is 0.190. The van der Waals surface area contributed by atoms with Crippen LogP contribution in [-0.4, -0.2) is 22.0 Å². The SMILES string of the molecule is Cc1cc(Cl)ccc1NC(=O)c1cnc(Nc2ccccc2OC(C)C)nc1. The van der Waals surface area contributed by atoms with E-state index >= 15 is 0 Å². The van der Waals surface area contributed by atoms with Gasteiger partial charge in [0, 0.05) is 23.1 Å². The molecule has 0 spiro atoms. The zero-order chi connectivity index (χ0) is 20.1. The lowest BCUT2D eigenvalue weighted by Gasteiger charge is -2.14. The number of benzene rings is 2. The molecule has 0 aliphatic carbocycles. The van der Waals surface area contributed by atoms with Gasteiger partial charge in [0.1, 0.15) is 5.75 Å². The lowest BCUT2D eigenvalue weighted by atomic mass is 10.2. The molecule has 0 aliphatic heterocycles. The summed E-state index contributed by atoms with van der Waals surface area (Å²) in [7, 11) is 0. The van der Waals surface area contributed by atoms with E-state index in [1.165, 1.54) is 12.4 Å². The average molecular weight is 397 g/mol. The number of nitrogens with zero attached hydrogens (tertiary/aromatic N) is 2. The van der Waals surface area contributed by atoms with Gasteiger partial charge in [-0.05, 0) is 56.7 Å². The van der Waals surface area contributed by atoms with E-state index in [1.807, 2.05) is 45.0 Å². The van der Waals surface area contributed by atoms with Crippen molar-refractivity contribution in [2.45, 2.75) is 26.9 Å². The molecule has 0 aliphatic rings. The van der Waals surface area contributed by atoms with Gasteiger partial charge in [0.05, 0.1) is 17.4 Å². The minimum atomic E-state index is -0.291. The number of aryl methyl sites for hydroxylation is 1. The molecule has 0 unspecified atom stereocenters. The molecule has 0 saturated heterocycles. The number of rotatable bonds is 6. The highest BCUT2D eigenvalue weighted by molar-refractivity contribution is 6.30. The van der Waals surface area contributed by atoms with Crippen molar-refractivity contribution in [3.8, 4) is 5.75 Å². The lowest BCUT2D eigenvalue weighted by molar-refractivity contribution is 0.102. The molecular formula is C21H21ClN4O2. The van der Waals surface area contributed by atoms with E-state index in [-0.39, 0.29) is 12.0 Å². The van der Waals surface area contributed by atoms with Gasteiger partial charge >= 0.3 is 0 Å². The minimum Gasteiger partial charge on any atom is -0.489 e. The number of carbonyl (C=O) groups is 1. The van der Waals surface area contributed by atoms with E-state index in [4.69, 9.17) is 16.3 Å². The largest absolute Gasteiger partial charge is 0.489 e.